The summed E-state index contributed by atoms with van der Waals surface area (Å²) in [5.41, 5.74) is 0.783. The van der Waals surface area contributed by atoms with Gasteiger partial charge in [-0.3, -0.25) is 4.79 Å². The van der Waals surface area contributed by atoms with Gasteiger partial charge in [0.25, 0.3) is 0 Å². The first kappa shape index (κ1) is 11.6. The van der Waals surface area contributed by atoms with Crippen LogP contribution < -0.4 is 0 Å². The van der Waals surface area contributed by atoms with Crippen LogP contribution in [0.25, 0.3) is 11.5 Å². The van der Waals surface area contributed by atoms with Crippen LogP contribution in [0.3, 0.4) is 0 Å². The van der Waals surface area contributed by atoms with E-state index in [1.165, 1.54) is 0 Å². The summed E-state index contributed by atoms with van der Waals surface area (Å²) in [5, 5.41) is 3.87. The van der Waals surface area contributed by atoms with Gasteiger partial charge in [0.1, 0.15) is 5.78 Å². The average molecular weight is 233 g/mol. The van der Waals surface area contributed by atoms with E-state index in [4.69, 9.17) is 4.52 Å². The molecule has 1 atom stereocenters. The van der Waals surface area contributed by atoms with Crippen molar-refractivity contribution in [2.45, 2.75) is 26.7 Å². The van der Waals surface area contributed by atoms with Gasteiger partial charge in [-0.15, -0.1) is 0 Å². The molecule has 0 saturated heterocycles. The molecule has 17 heavy (non-hydrogen) atoms. The Morgan fingerprint density at radius 3 is 2.76 bits per heavy atom. The molecule has 5 nitrogen and oxygen atoms in total. The summed E-state index contributed by atoms with van der Waals surface area (Å²) in [6.07, 6.45) is 1.79. The zero-order valence-corrected chi connectivity index (χ0v) is 10.1. The number of aromatic amines is 1. The Morgan fingerprint density at radius 1 is 1.47 bits per heavy atom. The van der Waals surface area contributed by atoms with Gasteiger partial charge in [-0.05, 0) is 25.0 Å². The number of Topliss-reactive ketones (excluding diaryl/α,β-unsaturated/α-hetero) is 1. The number of nitrogens with zero attached hydrogens (tertiary/aromatic N) is 2. The standard InChI is InChI=1S/C12H15N3O2/c1-7(2)10(8(3)16)12-14-11(15-17-12)9-5-4-6-13-9/h4-7,10,13H,1-3H3. The lowest BCUT2D eigenvalue weighted by atomic mass is 9.92. The predicted octanol–water partition coefficient (Wildman–Crippen LogP) is 2.39. The molecule has 1 N–H and O–H groups in total. The van der Waals surface area contributed by atoms with Gasteiger partial charge in [0.15, 0.2) is 0 Å². The number of ketones is 1. The topological polar surface area (TPSA) is 71.8 Å². The number of carbonyl (C=O) groups excluding carboxylic acids is 1. The Morgan fingerprint density at radius 2 is 2.24 bits per heavy atom. The van der Waals surface area contributed by atoms with Crippen LogP contribution in [-0.4, -0.2) is 20.9 Å². The van der Waals surface area contributed by atoms with Crippen molar-refractivity contribution >= 4 is 5.78 Å². The van der Waals surface area contributed by atoms with E-state index in [2.05, 4.69) is 15.1 Å². The molecule has 0 bridgehead atoms. The molecule has 0 saturated carbocycles. The quantitative estimate of drug-likeness (QED) is 0.880. The number of aromatic nitrogens is 3. The molecular weight excluding hydrogens is 218 g/mol. The van der Waals surface area contributed by atoms with Gasteiger partial charge in [-0.1, -0.05) is 19.0 Å². The van der Waals surface area contributed by atoms with E-state index in [0.29, 0.717) is 11.7 Å². The normalized spacial score (nSPS) is 12.9. The summed E-state index contributed by atoms with van der Waals surface area (Å²) in [5.74, 6) is 0.728. The molecule has 0 aliphatic heterocycles. The number of H-pyrrole nitrogens is 1. The highest BCUT2D eigenvalue weighted by Crippen LogP contribution is 2.25. The second kappa shape index (κ2) is 4.53. The summed E-state index contributed by atoms with van der Waals surface area (Å²) in [6, 6.07) is 3.71. The van der Waals surface area contributed by atoms with Gasteiger partial charge in [-0.25, -0.2) is 0 Å². The van der Waals surface area contributed by atoms with Crippen LogP contribution in [0.4, 0.5) is 0 Å². The summed E-state index contributed by atoms with van der Waals surface area (Å²) in [4.78, 5) is 18.8. The minimum atomic E-state index is -0.328. The number of rotatable bonds is 4. The molecule has 0 aromatic carbocycles. The molecular formula is C12H15N3O2. The van der Waals surface area contributed by atoms with Crippen molar-refractivity contribution in [3.63, 3.8) is 0 Å². The second-order valence-electron chi connectivity index (χ2n) is 4.37. The maximum Gasteiger partial charge on any atom is 0.237 e. The summed E-state index contributed by atoms with van der Waals surface area (Å²) >= 11 is 0. The Bertz CT molecular complexity index is 500. The highest BCUT2D eigenvalue weighted by Gasteiger charge is 2.27. The Balaban J connectivity index is 2.31. The smallest absolute Gasteiger partial charge is 0.237 e. The van der Waals surface area contributed by atoms with Gasteiger partial charge in [0.2, 0.25) is 11.7 Å². The minimum Gasteiger partial charge on any atom is -0.359 e. The molecule has 90 valence electrons. The molecule has 0 fully saturated rings. The average Bonchev–Trinajstić information content (AvgIpc) is 2.83. The van der Waals surface area contributed by atoms with Gasteiger partial charge in [0.05, 0.1) is 11.6 Å². The van der Waals surface area contributed by atoms with Crippen molar-refractivity contribution in [3.8, 4) is 11.5 Å². The third-order valence-electron chi connectivity index (χ3n) is 2.65. The van der Waals surface area contributed by atoms with Crippen molar-refractivity contribution in [2.75, 3.05) is 0 Å². The lowest BCUT2D eigenvalue weighted by Crippen LogP contribution is -2.15. The number of hydrogen-bond acceptors (Lipinski definition) is 4. The molecule has 0 amide bonds. The lowest BCUT2D eigenvalue weighted by Gasteiger charge is -2.12. The van der Waals surface area contributed by atoms with Crippen molar-refractivity contribution < 1.29 is 9.32 Å². The molecule has 5 heteroatoms. The third-order valence-corrected chi connectivity index (χ3v) is 2.65. The van der Waals surface area contributed by atoms with Crippen LogP contribution in [0.5, 0.6) is 0 Å². The van der Waals surface area contributed by atoms with Crippen LogP contribution in [0.2, 0.25) is 0 Å². The van der Waals surface area contributed by atoms with E-state index in [1.54, 1.807) is 13.1 Å². The molecule has 2 aromatic rings. The number of carbonyl (C=O) groups is 1. The third kappa shape index (κ3) is 2.27. The zero-order valence-electron chi connectivity index (χ0n) is 10.1. The highest BCUT2D eigenvalue weighted by molar-refractivity contribution is 5.82. The van der Waals surface area contributed by atoms with Gasteiger partial charge in [0, 0.05) is 6.20 Å². The Hall–Kier alpha value is -1.91. The van der Waals surface area contributed by atoms with E-state index in [-0.39, 0.29) is 17.6 Å². The monoisotopic (exact) mass is 233 g/mol. The summed E-state index contributed by atoms with van der Waals surface area (Å²) < 4.78 is 5.17. The summed E-state index contributed by atoms with van der Waals surface area (Å²) in [7, 11) is 0. The first-order valence-corrected chi connectivity index (χ1v) is 5.57. The van der Waals surface area contributed by atoms with Crippen molar-refractivity contribution in [3.05, 3.63) is 24.2 Å². The maximum atomic E-state index is 11.5. The van der Waals surface area contributed by atoms with Gasteiger partial charge < -0.3 is 9.51 Å². The molecule has 2 heterocycles. The van der Waals surface area contributed by atoms with Crippen LogP contribution in [0.15, 0.2) is 22.9 Å². The van der Waals surface area contributed by atoms with Crippen molar-refractivity contribution in [1.29, 1.82) is 0 Å². The van der Waals surface area contributed by atoms with Crippen LogP contribution in [0.1, 0.15) is 32.6 Å². The van der Waals surface area contributed by atoms with E-state index < -0.39 is 0 Å². The first-order valence-electron chi connectivity index (χ1n) is 5.57. The lowest BCUT2D eigenvalue weighted by molar-refractivity contribution is -0.119. The van der Waals surface area contributed by atoms with Gasteiger partial charge in [-0.2, -0.15) is 4.98 Å². The Labute approximate surface area is 99.2 Å². The van der Waals surface area contributed by atoms with Gasteiger partial charge >= 0.3 is 0 Å². The van der Waals surface area contributed by atoms with E-state index in [9.17, 15) is 4.79 Å². The van der Waals surface area contributed by atoms with Crippen molar-refractivity contribution in [2.24, 2.45) is 5.92 Å². The molecule has 2 rings (SSSR count). The summed E-state index contributed by atoms with van der Waals surface area (Å²) in [6.45, 7) is 5.47. The second-order valence-corrected chi connectivity index (χ2v) is 4.37. The molecule has 0 radical (unpaired) electrons. The molecule has 2 aromatic heterocycles. The molecule has 0 aliphatic carbocycles. The van der Waals surface area contributed by atoms with Crippen LogP contribution >= 0.6 is 0 Å². The molecule has 0 aliphatic rings. The van der Waals surface area contributed by atoms with E-state index >= 15 is 0 Å². The fourth-order valence-electron chi connectivity index (χ4n) is 1.87. The van der Waals surface area contributed by atoms with Crippen LogP contribution in [-0.2, 0) is 4.79 Å². The van der Waals surface area contributed by atoms with E-state index in [0.717, 1.165) is 5.69 Å². The fraction of sp³-hybridized carbons (Fsp3) is 0.417. The minimum absolute atomic E-state index is 0.0432. The maximum absolute atomic E-state index is 11.5. The number of hydrogen-bond donors (Lipinski definition) is 1. The highest BCUT2D eigenvalue weighted by atomic mass is 16.5. The first-order chi connectivity index (χ1) is 8.09. The van der Waals surface area contributed by atoms with Crippen molar-refractivity contribution in [1.82, 2.24) is 15.1 Å². The number of nitrogens with one attached hydrogen (secondary N) is 1. The zero-order chi connectivity index (χ0) is 12.4. The predicted molar refractivity (Wildman–Crippen MR) is 62.3 cm³/mol. The molecule has 1 unspecified atom stereocenters. The van der Waals surface area contributed by atoms with Crippen LogP contribution in [0, 0.1) is 5.92 Å². The molecule has 0 spiro atoms. The Kier molecular flexibility index (Phi) is 3.08. The SMILES string of the molecule is CC(=O)C(c1nc(-c2ccc[nH]2)no1)C(C)C. The van der Waals surface area contributed by atoms with E-state index in [1.807, 2.05) is 26.0 Å². The largest absolute Gasteiger partial charge is 0.359 e. The fourth-order valence-corrected chi connectivity index (χ4v) is 1.87.